The predicted octanol–water partition coefficient (Wildman–Crippen LogP) is -0.105. The summed E-state index contributed by atoms with van der Waals surface area (Å²) in [6, 6.07) is -0.403. The van der Waals surface area contributed by atoms with Crippen molar-refractivity contribution in [1.29, 1.82) is 0 Å². The minimum absolute atomic E-state index is 0.00694. The van der Waals surface area contributed by atoms with Gasteiger partial charge in [-0.1, -0.05) is 6.92 Å². The van der Waals surface area contributed by atoms with Crippen LogP contribution in [-0.4, -0.2) is 18.1 Å². The third kappa shape index (κ3) is 0.920. The summed E-state index contributed by atoms with van der Waals surface area (Å²) in [6.45, 7) is 3.77. The largest absolute Gasteiger partial charge is 0.461 e. The Hall–Kier alpha value is -0.570. The summed E-state index contributed by atoms with van der Waals surface area (Å²) in [5.41, 5.74) is 5.44. The molecular formula is C6H11NO2. The topological polar surface area (TPSA) is 52.3 Å². The van der Waals surface area contributed by atoms with Crippen LogP contribution in [0.3, 0.4) is 0 Å². The fourth-order valence-electron chi connectivity index (χ4n) is 0.876. The minimum atomic E-state index is -0.403. The van der Waals surface area contributed by atoms with Gasteiger partial charge in [-0.2, -0.15) is 0 Å². The molecule has 1 unspecified atom stereocenters. The van der Waals surface area contributed by atoms with E-state index < -0.39 is 6.04 Å². The highest BCUT2D eigenvalue weighted by atomic mass is 16.6. The number of carbonyl (C=O) groups is 1. The summed E-state index contributed by atoms with van der Waals surface area (Å²) in [6.07, 6.45) is -0.00694. The number of ether oxygens (including phenoxy) is 1. The smallest absolute Gasteiger partial charge is 0.323 e. The number of hydrogen-bond acceptors (Lipinski definition) is 3. The third-order valence-electron chi connectivity index (χ3n) is 1.88. The van der Waals surface area contributed by atoms with Crippen molar-refractivity contribution < 1.29 is 9.53 Å². The van der Waals surface area contributed by atoms with Crippen molar-refractivity contribution in [2.24, 2.45) is 11.7 Å². The van der Waals surface area contributed by atoms with E-state index in [1.165, 1.54) is 0 Å². The Morgan fingerprint density at radius 2 is 2.11 bits per heavy atom. The van der Waals surface area contributed by atoms with E-state index >= 15 is 0 Å². The highest BCUT2D eigenvalue weighted by molar-refractivity contribution is 5.78. The van der Waals surface area contributed by atoms with E-state index in [4.69, 9.17) is 10.5 Å². The second-order valence-electron chi connectivity index (χ2n) is 2.53. The molecule has 0 aromatic rings. The van der Waals surface area contributed by atoms with Crippen LogP contribution < -0.4 is 5.73 Å². The van der Waals surface area contributed by atoms with Gasteiger partial charge in [-0.25, -0.2) is 0 Å². The molecule has 3 atom stereocenters. The molecule has 1 aliphatic rings. The molecule has 1 aliphatic heterocycles. The van der Waals surface area contributed by atoms with Crippen molar-refractivity contribution in [3.8, 4) is 0 Å². The second kappa shape index (κ2) is 1.99. The molecule has 3 heteroatoms. The Morgan fingerprint density at radius 1 is 1.56 bits per heavy atom. The van der Waals surface area contributed by atoms with Crippen LogP contribution in [0.25, 0.3) is 0 Å². The molecule has 0 aromatic carbocycles. The van der Waals surface area contributed by atoms with Crippen molar-refractivity contribution in [2.45, 2.75) is 26.0 Å². The highest BCUT2D eigenvalue weighted by Gasteiger charge is 2.36. The summed E-state index contributed by atoms with van der Waals surface area (Å²) < 4.78 is 4.82. The van der Waals surface area contributed by atoms with Crippen LogP contribution in [0.4, 0.5) is 0 Å². The average molecular weight is 129 g/mol. The van der Waals surface area contributed by atoms with E-state index in [-0.39, 0.29) is 18.0 Å². The first kappa shape index (κ1) is 6.55. The van der Waals surface area contributed by atoms with E-state index in [1.807, 2.05) is 13.8 Å². The predicted molar refractivity (Wildman–Crippen MR) is 32.7 cm³/mol. The summed E-state index contributed by atoms with van der Waals surface area (Å²) in [5, 5.41) is 0. The zero-order valence-electron chi connectivity index (χ0n) is 5.63. The van der Waals surface area contributed by atoms with Gasteiger partial charge in [0.1, 0.15) is 12.1 Å². The lowest BCUT2D eigenvalue weighted by atomic mass is 10.0. The Balaban J connectivity index is 2.65. The minimum Gasteiger partial charge on any atom is -0.461 e. The maximum Gasteiger partial charge on any atom is 0.323 e. The van der Waals surface area contributed by atoms with E-state index in [2.05, 4.69) is 0 Å². The van der Waals surface area contributed by atoms with Crippen LogP contribution in [0.1, 0.15) is 13.8 Å². The second-order valence-corrected chi connectivity index (χ2v) is 2.53. The number of nitrogens with two attached hydrogens (primary N) is 1. The quantitative estimate of drug-likeness (QED) is 0.464. The van der Waals surface area contributed by atoms with Crippen LogP contribution >= 0.6 is 0 Å². The summed E-state index contributed by atoms with van der Waals surface area (Å²) in [5.74, 6) is -0.104. The van der Waals surface area contributed by atoms with E-state index in [0.29, 0.717) is 0 Å². The van der Waals surface area contributed by atoms with Gasteiger partial charge in [0.2, 0.25) is 0 Å². The first-order valence-corrected chi connectivity index (χ1v) is 3.09. The van der Waals surface area contributed by atoms with Gasteiger partial charge in [-0.15, -0.1) is 0 Å². The molecule has 9 heavy (non-hydrogen) atoms. The standard InChI is InChI=1S/C6H11NO2/c1-3-4(2)9-6(8)5(3)7/h3-5H,7H2,1-2H3/t3-,4?,5-/m0/s1. The normalized spacial score (nSPS) is 43.0. The first-order chi connectivity index (χ1) is 4.13. The van der Waals surface area contributed by atoms with Crippen molar-refractivity contribution in [1.82, 2.24) is 0 Å². The maximum absolute atomic E-state index is 10.6. The van der Waals surface area contributed by atoms with Gasteiger partial charge < -0.3 is 10.5 Å². The van der Waals surface area contributed by atoms with Crippen molar-refractivity contribution in [2.75, 3.05) is 0 Å². The average Bonchev–Trinajstić information content (AvgIpc) is 1.98. The summed E-state index contributed by atoms with van der Waals surface area (Å²) in [4.78, 5) is 10.6. The zero-order chi connectivity index (χ0) is 7.02. The lowest BCUT2D eigenvalue weighted by Gasteiger charge is -2.06. The first-order valence-electron chi connectivity index (χ1n) is 3.09. The molecule has 0 radical (unpaired) electrons. The molecule has 0 spiro atoms. The zero-order valence-corrected chi connectivity index (χ0v) is 5.63. The van der Waals surface area contributed by atoms with Gasteiger partial charge in [-0.05, 0) is 6.92 Å². The molecule has 1 fully saturated rings. The van der Waals surface area contributed by atoms with E-state index in [0.717, 1.165) is 0 Å². The SMILES string of the molecule is CC1OC(=O)[C@@H](N)[C@H]1C. The Morgan fingerprint density at radius 3 is 2.22 bits per heavy atom. The van der Waals surface area contributed by atoms with Crippen molar-refractivity contribution >= 4 is 5.97 Å². The van der Waals surface area contributed by atoms with E-state index in [9.17, 15) is 4.79 Å². The van der Waals surface area contributed by atoms with Gasteiger partial charge >= 0.3 is 5.97 Å². The molecule has 0 bridgehead atoms. The van der Waals surface area contributed by atoms with Crippen LogP contribution in [0.15, 0.2) is 0 Å². The van der Waals surface area contributed by atoms with Crippen molar-refractivity contribution in [3.63, 3.8) is 0 Å². The molecule has 1 heterocycles. The number of carbonyl (C=O) groups excluding carboxylic acids is 1. The van der Waals surface area contributed by atoms with Crippen LogP contribution in [-0.2, 0) is 9.53 Å². The molecular weight excluding hydrogens is 118 g/mol. The molecule has 0 saturated carbocycles. The molecule has 3 nitrogen and oxygen atoms in total. The van der Waals surface area contributed by atoms with Crippen molar-refractivity contribution in [3.05, 3.63) is 0 Å². The Kier molecular flexibility index (Phi) is 1.45. The summed E-state index contributed by atoms with van der Waals surface area (Å²) in [7, 11) is 0. The van der Waals surface area contributed by atoms with E-state index in [1.54, 1.807) is 0 Å². The fourth-order valence-corrected chi connectivity index (χ4v) is 0.876. The molecule has 1 saturated heterocycles. The number of hydrogen-bond donors (Lipinski definition) is 1. The van der Waals surface area contributed by atoms with Crippen LogP contribution in [0.5, 0.6) is 0 Å². The number of cyclic esters (lactones) is 1. The molecule has 1 rings (SSSR count). The molecule has 0 aliphatic carbocycles. The van der Waals surface area contributed by atoms with Crippen LogP contribution in [0.2, 0.25) is 0 Å². The van der Waals surface area contributed by atoms with Gasteiger partial charge in [0.15, 0.2) is 0 Å². The number of esters is 1. The molecule has 2 N–H and O–H groups in total. The highest BCUT2D eigenvalue weighted by Crippen LogP contribution is 2.19. The Bertz CT molecular complexity index is 135. The molecule has 0 amide bonds. The van der Waals surface area contributed by atoms with Gasteiger partial charge in [0.05, 0.1) is 0 Å². The van der Waals surface area contributed by atoms with Gasteiger partial charge in [0.25, 0.3) is 0 Å². The lowest BCUT2D eigenvalue weighted by molar-refractivity contribution is -0.141. The number of rotatable bonds is 0. The third-order valence-corrected chi connectivity index (χ3v) is 1.88. The lowest BCUT2D eigenvalue weighted by Crippen LogP contribution is -2.31. The molecule has 0 aromatic heterocycles. The van der Waals surface area contributed by atoms with Gasteiger partial charge in [-0.3, -0.25) is 4.79 Å². The van der Waals surface area contributed by atoms with Crippen LogP contribution in [0, 0.1) is 5.92 Å². The molecule has 52 valence electrons. The fraction of sp³-hybridized carbons (Fsp3) is 0.833. The summed E-state index contributed by atoms with van der Waals surface area (Å²) >= 11 is 0. The maximum atomic E-state index is 10.6. The Labute approximate surface area is 54.2 Å². The monoisotopic (exact) mass is 129 g/mol. The van der Waals surface area contributed by atoms with Gasteiger partial charge in [0, 0.05) is 5.92 Å².